The quantitative estimate of drug-likeness (QED) is 0.595. The van der Waals surface area contributed by atoms with E-state index in [9.17, 15) is 22.4 Å². The van der Waals surface area contributed by atoms with E-state index in [0.717, 1.165) is 6.07 Å². The summed E-state index contributed by atoms with van der Waals surface area (Å²) in [5.74, 6) is -6.28. The first kappa shape index (κ1) is 13.0. The van der Waals surface area contributed by atoms with E-state index < -0.39 is 29.8 Å². The molecular weight excluding hydrogens is 256 g/mol. The summed E-state index contributed by atoms with van der Waals surface area (Å²) in [6, 6.07) is 5.18. The first-order chi connectivity index (χ1) is 8.11. The first-order valence-corrected chi connectivity index (χ1v) is 4.94. The van der Waals surface area contributed by atoms with Gasteiger partial charge in [-0.05, 0) is 5.56 Å². The molecular formula is C11H8F4O3. The van der Waals surface area contributed by atoms with Crippen molar-refractivity contribution in [3.8, 4) is 0 Å². The SMILES string of the molecule is O=C1c2ccccc2CC1(F)C(O)(O)C(F)(F)F. The Bertz CT molecular complexity index is 509. The van der Waals surface area contributed by atoms with Crippen molar-refractivity contribution in [2.45, 2.75) is 24.1 Å². The minimum absolute atomic E-state index is 0.0155. The number of hydrogen-bond donors (Lipinski definition) is 2. The smallest absolute Gasteiger partial charge is 0.356 e. The summed E-state index contributed by atoms with van der Waals surface area (Å²) in [4.78, 5) is 11.6. The summed E-state index contributed by atoms with van der Waals surface area (Å²) in [5.41, 5.74) is -4.06. The van der Waals surface area contributed by atoms with Crippen molar-refractivity contribution < 1.29 is 32.6 Å². The number of rotatable bonds is 1. The van der Waals surface area contributed by atoms with Gasteiger partial charge in [-0.25, -0.2) is 4.39 Å². The molecule has 1 aromatic rings. The van der Waals surface area contributed by atoms with Gasteiger partial charge in [0, 0.05) is 12.0 Å². The van der Waals surface area contributed by atoms with E-state index >= 15 is 0 Å². The van der Waals surface area contributed by atoms with Crippen LogP contribution < -0.4 is 0 Å². The molecule has 1 aliphatic rings. The zero-order valence-electron chi connectivity index (χ0n) is 8.83. The van der Waals surface area contributed by atoms with Gasteiger partial charge in [0.2, 0.25) is 11.5 Å². The molecule has 18 heavy (non-hydrogen) atoms. The molecule has 0 fully saturated rings. The minimum atomic E-state index is -5.67. The number of Topliss-reactive ketones (excluding diaryl/α,β-unsaturated/α-hetero) is 1. The fourth-order valence-electron chi connectivity index (χ4n) is 1.96. The van der Waals surface area contributed by atoms with Crippen LogP contribution in [-0.2, 0) is 6.42 Å². The molecule has 0 bridgehead atoms. The Morgan fingerprint density at radius 3 is 2.22 bits per heavy atom. The molecule has 0 saturated heterocycles. The van der Waals surface area contributed by atoms with Crippen LogP contribution in [0.4, 0.5) is 17.6 Å². The fraction of sp³-hybridized carbons (Fsp3) is 0.364. The highest BCUT2D eigenvalue weighted by Gasteiger charge is 2.72. The fourth-order valence-corrected chi connectivity index (χ4v) is 1.96. The molecule has 1 aromatic carbocycles. The molecule has 0 heterocycles. The van der Waals surface area contributed by atoms with E-state index in [1.165, 1.54) is 18.2 Å². The topological polar surface area (TPSA) is 57.5 Å². The summed E-state index contributed by atoms with van der Waals surface area (Å²) in [6.07, 6.45) is -6.69. The first-order valence-electron chi connectivity index (χ1n) is 4.94. The molecule has 7 heteroatoms. The molecule has 0 aliphatic heterocycles. The van der Waals surface area contributed by atoms with Gasteiger partial charge in [-0.2, -0.15) is 13.2 Å². The lowest BCUT2D eigenvalue weighted by Gasteiger charge is -2.34. The maximum absolute atomic E-state index is 14.2. The van der Waals surface area contributed by atoms with Gasteiger partial charge in [-0.1, -0.05) is 24.3 Å². The Labute approximate surface area is 98.7 Å². The highest BCUT2D eigenvalue weighted by atomic mass is 19.4. The van der Waals surface area contributed by atoms with E-state index in [1.807, 2.05) is 0 Å². The van der Waals surface area contributed by atoms with Crippen molar-refractivity contribution in [2.24, 2.45) is 0 Å². The number of aliphatic hydroxyl groups is 2. The summed E-state index contributed by atoms with van der Waals surface area (Å²) in [6.45, 7) is 0. The molecule has 1 unspecified atom stereocenters. The Balaban J connectivity index is 2.52. The molecule has 0 saturated carbocycles. The van der Waals surface area contributed by atoms with Crippen molar-refractivity contribution in [1.82, 2.24) is 0 Å². The molecule has 0 radical (unpaired) electrons. The highest BCUT2D eigenvalue weighted by molar-refractivity contribution is 6.07. The van der Waals surface area contributed by atoms with Gasteiger partial charge in [0.1, 0.15) is 0 Å². The van der Waals surface area contributed by atoms with Crippen LogP contribution in [0.25, 0.3) is 0 Å². The molecule has 1 atom stereocenters. The predicted molar refractivity (Wildman–Crippen MR) is 51.5 cm³/mol. The third-order valence-electron chi connectivity index (χ3n) is 3.00. The zero-order chi connectivity index (χ0) is 13.8. The maximum Gasteiger partial charge on any atom is 0.446 e. The lowest BCUT2D eigenvalue weighted by Crippen LogP contribution is -2.63. The number of carbonyl (C=O) groups excluding carboxylic acids is 1. The van der Waals surface area contributed by atoms with Crippen LogP contribution >= 0.6 is 0 Å². The van der Waals surface area contributed by atoms with Gasteiger partial charge in [0.25, 0.3) is 0 Å². The van der Waals surface area contributed by atoms with Crippen LogP contribution in [0.2, 0.25) is 0 Å². The van der Waals surface area contributed by atoms with E-state index in [0.29, 0.717) is 0 Å². The molecule has 0 amide bonds. The van der Waals surface area contributed by atoms with E-state index in [2.05, 4.69) is 0 Å². The van der Waals surface area contributed by atoms with Crippen LogP contribution in [0.15, 0.2) is 24.3 Å². The summed E-state index contributed by atoms with van der Waals surface area (Å²) in [7, 11) is 0. The van der Waals surface area contributed by atoms with Gasteiger partial charge < -0.3 is 10.2 Å². The van der Waals surface area contributed by atoms with Crippen LogP contribution in [0, 0.1) is 0 Å². The largest absolute Gasteiger partial charge is 0.446 e. The number of alkyl halides is 4. The predicted octanol–water partition coefficient (Wildman–Crippen LogP) is 1.38. The molecule has 1 aliphatic carbocycles. The molecule has 2 rings (SSSR count). The summed E-state index contributed by atoms with van der Waals surface area (Å²) < 4.78 is 51.5. The molecule has 0 aromatic heterocycles. The van der Waals surface area contributed by atoms with Crippen LogP contribution in [0.1, 0.15) is 15.9 Å². The van der Waals surface area contributed by atoms with Crippen LogP contribution in [-0.4, -0.2) is 33.6 Å². The highest BCUT2D eigenvalue weighted by Crippen LogP contribution is 2.46. The van der Waals surface area contributed by atoms with Gasteiger partial charge in [-0.3, -0.25) is 4.79 Å². The third kappa shape index (κ3) is 1.47. The van der Waals surface area contributed by atoms with Crippen molar-refractivity contribution in [3.05, 3.63) is 35.4 Å². The Kier molecular flexibility index (Phi) is 2.54. The van der Waals surface area contributed by atoms with Crippen LogP contribution in [0.5, 0.6) is 0 Å². The number of carbonyl (C=O) groups is 1. The van der Waals surface area contributed by atoms with Crippen molar-refractivity contribution in [2.75, 3.05) is 0 Å². The van der Waals surface area contributed by atoms with E-state index in [1.54, 1.807) is 0 Å². The normalized spacial score (nSPS) is 24.2. The average Bonchev–Trinajstić information content (AvgIpc) is 2.52. The van der Waals surface area contributed by atoms with Crippen LogP contribution in [0.3, 0.4) is 0 Å². The van der Waals surface area contributed by atoms with Gasteiger partial charge in [0.15, 0.2) is 0 Å². The summed E-state index contributed by atoms with van der Waals surface area (Å²) in [5, 5.41) is 18.0. The lowest BCUT2D eigenvalue weighted by molar-refractivity contribution is -0.381. The molecule has 3 nitrogen and oxygen atoms in total. The lowest BCUT2D eigenvalue weighted by atomic mass is 9.90. The second kappa shape index (κ2) is 3.52. The average molecular weight is 264 g/mol. The molecule has 0 spiro atoms. The Hall–Kier alpha value is -1.47. The number of hydrogen-bond acceptors (Lipinski definition) is 3. The van der Waals surface area contributed by atoms with Crippen molar-refractivity contribution in [3.63, 3.8) is 0 Å². The number of benzene rings is 1. The minimum Gasteiger partial charge on any atom is -0.356 e. The van der Waals surface area contributed by atoms with E-state index in [-0.39, 0.29) is 11.1 Å². The number of ketones is 1. The Morgan fingerprint density at radius 2 is 1.72 bits per heavy atom. The van der Waals surface area contributed by atoms with Gasteiger partial charge in [-0.15, -0.1) is 0 Å². The third-order valence-corrected chi connectivity index (χ3v) is 3.00. The monoisotopic (exact) mass is 264 g/mol. The number of halogens is 4. The maximum atomic E-state index is 14.2. The Morgan fingerprint density at radius 1 is 1.17 bits per heavy atom. The molecule has 2 N–H and O–H groups in total. The van der Waals surface area contributed by atoms with Crippen molar-refractivity contribution >= 4 is 5.78 Å². The van der Waals surface area contributed by atoms with Gasteiger partial charge in [0.05, 0.1) is 0 Å². The second-order valence-electron chi connectivity index (χ2n) is 4.13. The number of fused-ring (bicyclic) bond motifs is 1. The van der Waals surface area contributed by atoms with Crippen molar-refractivity contribution in [1.29, 1.82) is 0 Å². The standard InChI is InChI=1S/C11H8F4O3/c12-9(10(17,18)11(13,14)15)5-6-3-1-2-4-7(6)8(9)16/h1-4,17-18H,5H2. The second-order valence-corrected chi connectivity index (χ2v) is 4.13. The van der Waals surface area contributed by atoms with E-state index in [4.69, 9.17) is 10.2 Å². The van der Waals surface area contributed by atoms with Gasteiger partial charge >= 0.3 is 12.0 Å². The summed E-state index contributed by atoms with van der Waals surface area (Å²) >= 11 is 0. The zero-order valence-corrected chi connectivity index (χ0v) is 8.83. The molecule has 98 valence electrons.